The maximum Gasteiger partial charge on any atom is 0.389 e. The van der Waals surface area contributed by atoms with E-state index in [0.717, 1.165) is 0 Å². The highest BCUT2D eigenvalue weighted by atomic mass is 19.4. The van der Waals surface area contributed by atoms with Crippen molar-refractivity contribution in [1.82, 2.24) is 4.90 Å². The van der Waals surface area contributed by atoms with Crippen molar-refractivity contribution in [2.45, 2.75) is 25.1 Å². The Balaban J connectivity index is 2.67. The number of hydrogen-bond donors (Lipinski definition) is 2. The lowest BCUT2D eigenvalue weighted by atomic mass is 10.1. The monoisotopic (exact) mass is 334 g/mol. The van der Waals surface area contributed by atoms with Gasteiger partial charge in [0.15, 0.2) is 0 Å². The number of anilines is 1. The van der Waals surface area contributed by atoms with Crippen LogP contribution in [-0.2, 0) is 11.2 Å². The second-order valence-corrected chi connectivity index (χ2v) is 5.19. The molecule has 0 heterocycles. The van der Waals surface area contributed by atoms with Crippen LogP contribution in [0, 0.1) is 0 Å². The van der Waals surface area contributed by atoms with Crippen molar-refractivity contribution in [3.63, 3.8) is 0 Å². The number of aryl methyl sites for hydroxylation is 1. The first-order valence-corrected chi connectivity index (χ1v) is 7.06. The Morgan fingerprint density at radius 3 is 2.65 bits per heavy atom. The summed E-state index contributed by atoms with van der Waals surface area (Å²) in [6.07, 6.45) is -6.26. The van der Waals surface area contributed by atoms with Gasteiger partial charge in [0.2, 0.25) is 0 Å². The molecule has 0 radical (unpaired) electrons. The van der Waals surface area contributed by atoms with Crippen LogP contribution in [0.15, 0.2) is 24.3 Å². The van der Waals surface area contributed by atoms with E-state index in [2.05, 4.69) is 5.32 Å². The Morgan fingerprint density at radius 2 is 2.04 bits per heavy atom. The molecule has 23 heavy (non-hydrogen) atoms. The molecule has 8 heteroatoms. The molecule has 0 spiro atoms. The molecule has 0 aromatic heterocycles. The minimum atomic E-state index is -4.25. The van der Waals surface area contributed by atoms with Gasteiger partial charge in [-0.15, -0.1) is 0 Å². The van der Waals surface area contributed by atoms with Crippen LogP contribution >= 0.6 is 0 Å². The van der Waals surface area contributed by atoms with Gasteiger partial charge in [0.25, 0.3) is 0 Å². The van der Waals surface area contributed by atoms with Gasteiger partial charge in [-0.1, -0.05) is 18.2 Å². The Labute approximate surface area is 133 Å². The first-order chi connectivity index (χ1) is 10.7. The molecule has 0 aliphatic rings. The third-order valence-electron chi connectivity index (χ3n) is 3.13. The summed E-state index contributed by atoms with van der Waals surface area (Å²) < 4.78 is 41.8. The maximum absolute atomic E-state index is 12.3. The number of halogens is 3. The summed E-state index contributed by atoms with van der Waals surface area (Å²) in [6, 6.07) is 5.82. The number of hydrogen-bond acceptors (Lipinski definition) is 3. The minimum absolute atomic E-state index is 0.0460. The van der Waals surface area contributed by atoms with Gasteiger partial charge in [-0.05, 0) is 18.1 Å². The standard InChI is InChI=1S/C15H21F3N2O3/c1-20(9-12(21)10-23-2)14(22)19-13-6-4-3-5-11(13)7-8-15(16,17)18/h3-6,12,21H,7-10H2,1-2H3,(H,19,22). The van der Waals surface area contributed by atoms with Crippen LogP contribution in [0.5, 0.6) is 0 Å². The lowest BCUT2D eigenvalue weighted by molar-refractivity contribution is -0.133. The van der Waals surface area contributed by atoms with Gasteiger partial charge in [0.05, 0.1) is 19.3 Å². The first kappa shape index (κ1) is 19.2. The molecule has 0 saturated carbocycles. The number of para-hydroxylation sites is 1. The summed E-state index contributed by atoms with van der Waals surface area (Å²) >= 11 is 0. The third-order valence-corrected chi connectivity index (χ3v) is 3.13. The number of urea groups is 1. The van der Waals surface area contributed by atoms with Crippen molar-refractivity contribution >= 4 is 11.7 Å². The molecule has 1 atom stereocenters. The summed E-state index contributed by atoms with van der Waals surface area (Å²) in [5.41, 5.74) is 0.735. The Morgan fingerprint density at radius 1 is 1.39 bits per heavy atom. The fourth-order valence-corrected chi connectivity index (χ4v) is 1.99. The molecule has 0 saturated heterocycles. The van der Waals surface area contributed by atoms with Crippen molar-refractivity contribution in [3.05, 3.63) is 29.8 Å². The van der Waals surface area contributed by atoms with Crippen LogP contribution in [0.25, 0.3) is 0 Å². The van der Waals surface area contributed by atoms with Crippen molar-refractivity contribution in [3.8, 4) is 0 Å². The highest BCUT2D eigenvalue weighted by Crippen LogP contribution is 2.25. The SMILES string of the molecule is COCC(O)CN(C)C(=O)Nc1ccccc1CCC(F)(F)F. The first-order valence-electron chi connectivity index (χ1n) is 7.06. The zero-order valence-corrected chi connectivity index (χ0v) is 13.1. The number of nitrogens with one attached hydrogen (secondary N) is 1. The number of nitrogens with zero attached hydrogens (tertiary/aromatic N) is 1. The van der Waals surface area contributed by atoms with Crippen molar-refractivity contribution in [2.24, 2.45) is 0 Å². The van der Waals surface area contributed by atoms with Gasteiger partial charge in [-0.3, -0.25) is 0 Å². The molecule has 0 aliphatic carbocycles. The lowest BCUT2D eigenvalue weighted by Crippen LogP contribution is -2.38. The number of methoxy groups -OCH3 is 1. The van der Waals surface area contributed by atoms with Gasteiger partial charge in [0, 0.05) is 26.3 Å². The predicted octanol–water partition coefficient (Wildman–Crippen LogP) is 2.65. The number of benzene rings is 1. The molecule has 1 rings (SSSR count). The van der Waals surface area contributed by atoms with Crippen LogP contribution in [0.3, 0.4) is 0 Å². The second kappa shape index (κ2) is 8.73. The quantitative estimate of drug-likeness (QED) is 0.806. The molecule has 130 valence electrons. The highest BCUT2D eigenvalue weighted by Gasteiger charge is 2.27. The van der Waals surface area contributed by atoms with Gasteiger partial charge in [-0.2, -0.15) is 13.2 Å². The Hall–Kier alpha value is -1.80. The minimum Gasteiger partial charge on any atom is -0.389 e. The topological polar surface area (TPSA) is 61.8 Å². The van der Waals surface area contributed by atoms with Crippen LogP contribution in [-0.4, -0.2) is 55.6 Å². The van der Waals surface area contributed by atoms with E-state index in [1.807, 2.05) is 0 Å². The Kier molecular flexibility index (Phi) is 7.31. The summed E-state index contributed by atoms with van der Waals surface area (Å²) in [5, 5.41) is 12.2. The smallest absolute Gasteiger partial charge is 0.389 e. The van der Waals surface area contributed by atoms with E-state index in [0.29, 0.717) is 11.3 Å². The molecule has 1 aromatic rings. The summed E-state index contributed by atoms with van der Waals surface area (Å²) in [7, 11) is 2.91. The Bertz CT molecular complexity index is 509. The van der Waals surface area contributed by atoms with E-state index in [9.17, 15) is 23.1 Å². The van der Waals surface area contributed by atoms with E-state index in [4.69, 9.17) is 4.74 Å². The summed E-state index contributed by atoms with van der Waals surface area (Å²) in [5.74, 6) is 0. The molecule has 1 unspecified atom stereocenters. The molecule has 2 amide bonds. The molecule has 5 nitrogen and oxygen atoms in total. The number of carbonyl (C=O) groups is 1. The van der Waals surface area contributed by atoms with E-state index >= 15 is 0 Å². The van der Waals surface area contributed by atoms with Crippen molar-refractivity contribution < 1.29 is 27.8 Å². The zero-order valence-electron chi connectivity index (χ0n) is 13.1. The third kappa shape index (κ3) is 7.34. The number of aliphatic hydroxyl groups excluding tert-OH is 1. The van der Waals surface area contributed by atoms with Gasteiger partial charge in [-0.25, -0.2) is 4.79 Å². The maximum atomic E-state index is 12.3. The van der Waals surface area contributed by atoms with Crippen LogP contribution < -0.4 is 5.32 Å². The number of alkyl halides is 3. The molecule has 2 N–H and O–H groups in total. The van der Waals surface area contributed by atoms with Gasteiger partial charge in [0.1, 0.15) is 0 Å². The second-order valence-electron chi connectivity index (χ2n) is 5.19. The van der Waals surface area contributed by atoms with Crippen LogP contribution in [0.1, 0.15) is 12.0 Å². The number of rotatable bonds is 7. The number of likely N-dealkylation sites (N-methyl/N-ethyl adjacent to an activating group) is 1. The molecule has 0 fully saturated rings. The molecule has 1 aromatic carbocycles. The fourth-order valence-electron chi connectivity index (χ4n) is 1.99. The molecular formula is C15H21F3N2O3. The lowest BCUT2D eigenvalue weighted by Gasteiger charge is -2.22. The molecule has 0 bridgehead atoms. The number of amides is 2. The average Bonchev–Trinajstić information content (AvgIpc) is 2.45. The number of carbonyl (C=O) groups excluding carboxylic acids is 1. The van der Waals surface area contributed by atoms with E-state index < -0.39 is 24.7 Å². The van der Waals surface area contributed by atoms with E-state index in [1.165, 1.54) is 19.1 Å². The summed E-state index contributed by atoms with van der Waals surface area (Å²) in [4.78, 5) is 13.3. The van der Waals surface area contributed by atoms with Gasteiger partial charge < -0.3 is 20.1 Å². The molecule has 0 aliphatic heterocycles. The summed E-state index contributed by atoms with van der Waals surface area (Å²) in [6.45, 7) is 0.129. The van der Waals surface area contributed by atoms with E-state index in [1.54, 1.807) is 24.3 Å². The zero-order chi connectivity index (χ0) is 17.5. The highest BCUT2D eigenvalue weighted by molar-refractivity contribution is 5.90. The van der Waals surface area contributed by atoms with Crippen LogP contribution in [0.4, 0.5) is 23.7 Å². The van der Waals surface area contributed by atoms with Crippen molar-refractivity contribution in [1.29, 1.82) is 0 Å². The fraction of sp³-hybridized carbons (Fsp3) is 0.533. The van der Waals surface area contributed by atoms with Crippen LogP contribution in [0.2, 0.25) is 0 Å². The van der Waals surface area contributed by atoms with Crippen molar-refractivity contribution in [2.75, 3.05) is 32.6 Å². The van der Waals surface area contributed by atoms with Gasteiger partial charge >= 0.3 is 12.2 Å². The normalized spacial score (nSPS) is 12.8. The molecular weight excluding hydrogens is 313 g/mol. The largest absolute Gasteiger partial charge is 0.389 e. The predicted molar refractivity (Wildman–Crippen MR) is 80.3 cm³/mol. The van der Waals surface area contributed by atoms with E-state index in [-0.39, 0.29) is 19.6 Å². The number of aliphatic hydroxyl groups is 1. The number of ether oxygens (including phenoxy) is 1. The average molecular weight is 334 g/mol.